The third kappa shape index (κ3) is 3.05. The van der Waals surface area contributed by atoms with Gasteiger partial charge < -0.3 is 15.8 Å². The van der Waals surface area contributed by atoms with Crippen molar-refractivity contribution < 1.29 is 4.74 Å². The van der Waals surface area contributed by atoms with E-state index >= 15 is 0 Å². The number of aryl methyl sites for hydroxylation is 2. The van der Waals surface area contributed by atoms with Crippen LogP contribution in [0.1, 0.15) is 17.5 Å². The van der Waals surface area contributed by atoms with Crippen molar-refractivity contribution in [1.82, 2.24) is 0 Å². The second-order valence-electron chi connectivity index (χ2n) is 5.18. The second-order valence-corrected chi connectivity index (χ2v) is 5.18. The Kier molecular flexibility index (Phi) is 3.77. The lowest BCUT2D eigenvalue weighted by Crippen LogP contribution is -2.11. The maximum Gasteiger partial charge on any atom is 0.119 e. The molecule has 2 aromatic carbocycles. The largest absolute Gasteiger partial charge is 0.492 e. The zero-order valence-corrected chi connectivity index (χ0v) is 11.6. The highest BCUT2D eigenvalue weighted by Gasteiger charge is 2.10. The van der Waals surface area contributed by atoms with Crippen molar-refractivity contribution in [2.45, 2.75) is 19.3 Å². The number of nitrogen functional groups attached to an aromatic ring is 1. The topological polar surface area (TPSA) is 47.3 Å². The van der Waals surface area contributed by atoms with Crippen LogP contribution in [0.15, 0.2) is 42.5 Å². The van der Waals surface area contributed by atoms with E-state index in [4.69, 9.17) is 10.5 Å². The number of ether oxygens (including phenoxy) is 1. The van der Waals surface area contributed by atoms with Gasteiger partial charge in [-0.3, -0.25) is 0 Å². The highest BCUT2D eigenvalue weighted by molar-refractivity contribution is 5.51. The first-order chi connectivity index (χ1) is 9.81. The van der Waals surface area contributed by atoms with Crippen LogP contribution >= 0.6 is 0 Å². The minimum atomic E-state index is 0.656. The Morgan fingerprint density at radius 2 is 1.80 bits per heavy atom. The van der Waals surface area contributed by atoms with E-state index in [1.54, 1.807) is 0 Å². The molecule has 0 spiro atoms. The molecule has 1 aliphatic rings. The smallest absolute Gasteiger partial charge is 0.119 e. The summed E-state index contributed by atoms with van der Waals surface area (Å²) >= 11 is 0. The fraction of sp³-hybridized carbons (Fsp3) is 0.294. The Balaban J connectivity index is 1.47. The summed E-state index contributed by atoms with van der Waals surface area (Å²) in [5.74, 6) is 0.977. The van der Waals surface area contributed by atoms with E-state index in [0.717, 1.165) is 23.7 Å². The van der Waals surface area contributed by atoms with Gasteiger partial charge >= 0.3 is 0 Å². The highest BCUT2D eigenvalue weighted by Crippen LogP contribution is 2.25. The first kappa shape index (κ1) is 12.9. The van der Waals surface area contributed by atoms with Crippen LogP contribution in [0.2, 0.25) is 0 Å². The number of nitrogens with two attached hydrogens (primary N) is 1. The van der Waals surface area contributed by atoms with Crippen LogP contribution in [0.5, 0.6) is 5.75 Å². The second kappa shape index (κ2) is 5.87. The first-order valence-corrected chi connectivity index (χ1v) is 7.15. The minimum absolute atomic E-state index is 0.656. The molecule has 3 rings (SSSR count). The van der Waals surface area contributed by atoms with Crippen molar-refractivity contribution in [2.75, 3.05) is 24.2 Å². The number of fused-ring (bicyclic) bond motifs is 1. The molecule has 104 valence electrons. The third-order valence-corrected chi connectivity index (χ3v) is 3.68. The van der Waals surface area contributed by atoms with E-state index < -0.39 is 0 Å². The molecule has 3 heteroatoms. The van der Waals surface area contributed by atoms with E-state index in [-0.39, 0.29) is 0 Å². The molecule has 1 aliphatic carbocycles. The third-order valence-electron chi connectivity index (χ3n) is 3.68. The fourth-order valence-electron chi connectivity index (χ4n) is 2.60. The van der Waals surface area contributed by atoms with Gasteiger partial charge in [0.15, 0.2) is 0 Å². The van der Waals surface area contributed by atoms with Gasteiger partial charge in [0, 0.05) is 17.9 Å². The van der Waals surface area contributed by atoms with Crippen molar-refractivity contribution >= 4 is 11.4 Å². The SMILES string of the molecule is Nc1ccc(NCCOc2ccc3c(c2)CCC3)cc1. The van der Waals surface area contributed by atoms with Crippen LogP contribution in [-0.4, -0.2) is 13.2 Å². The van der Waals surface area contributed by atoms with Gasteiger partial charge in [0.2, 0.25) is 0 Å². The monoisotopic (exact) mass is 268 g/mol. The van der Waals surface area contributed by atoms with Crippen molar-refractivity contribution in [1.29, 1.82) is 0 Å². The molecule has 3 nitrogen and oxygen atoms in total. The lowest BCUT2D eigenvalue weighted by molar-refractivity contribution is 0.332. The van der Waals surface area contributed by atoms with Crippen LogP contribution in [0, 0.1) is 0 Å². The summed E-state index contributed by atoms with van der Waals surface area (Å²) in [6, 6.07) is 14.2. The Labute approximate surface area is 119 Å². The number of hydrogen-bond donors (Lipinski definition) is 2. The average molecular weight is 268 g/mol. The average Bonchev–Trinajstić information content (AvgIpc) is 2.93. The molecule has 0 saturated carbocycles. The van der Waals surface area contributed by atoms with Crippen molar-refractivity contribution in [3.63, 3.8) is 0 Å². The van der Waals surface area contributed by atoms with E-state index in [0.29, 0.717) is 6.61 Å². The summed E-state index contributed by atoms with van der Waals surface area (Å²) in [4.78, 5) is 0. The molecule has 0 aromatic heterocycles. The Bertz CT molecular complexity index is 578. The van der Waals surface area contributed by atoms with Gasteiger partial charge in [-0.1, -0.05) is 6.07 Å². The highest BCUT2D eigenvalue weighted by atomic mass is 16.5. The minimum Gasteiger partial charge on any atom is -0.492 e. The number of anilines is 2. The van der Waals surface area contributed by atoms with Crippen LogP contribution in [0.3, 0.4) is 0 Å². The van der Waals surface area contributed by atoms with Crippen LogP contribution < -0.4 is 15.8 Å². The van der Waals surface area contributed by atoms with Crippen LogP contribution in [0.25, 0.3) is 0 Å². The van der Waals surface area contributed by atoms with Crippen LogP contribution in [-0.2, 0) is 12.8 Å². The quantitative estimate of drug-likeness (QED) is 0.646. The summed E-state index contributed by atoms with van der Waals surface area (Å²) in [7, 11) is 0. The van der Waals surface area contributed by atoms with Crippen molar-refractivity contribution in [2.24, 2.45) is 0 Å². The summed E-state index contributed by atoms with van der Waals surface area (Å²) in [6.45, 7) is 1.43. The molecule has 0 fully saturated rings. The number of benzene rings is 2. The van der Waals surface area contributed by atoms with Gasteiger partial charge in [0.05, 0.1) is 0 Å². The maximum atomic E-state index is 5.79. The Hall–Kier alpha value is -2.16. The Morgan fingerprint density at radius 1 is 1.00 bits per heavy atom. The lowest BCUT2D eigenvalue weighted by atomic mass is 10.1. The predicted molar refractivity (Wildman–Crippen MR) is 83.3 cm³/mol. The number of hydrogen-bond acceptors (Lipinski definition) is 3. The molecule has 0 atom stereocenters. The van der Waals surface area contributed by atoms with E-state index in [2.05, 4.69) is 23.5 Å². The van der Waals surface area contributed by atoms with Crippen molar-refractivity contribution in [3.05, 3.63) is 53.6 Å². The molecule has 0 heterocycles. The van der Waals surface area contributed by atoms with E-state index in [1.807, 2.05) is 24.3 Å². The van der Waals surface area contributed by atoms with Gasteiger partial charge in [-0.15, -0.1) is 0 Å². The Morgan fingerprint density at radius 3 is 2.65 bits per heavy atom. The summed E-state index contributed by atoms with van der Waals surface area (Å²) in [5, 5.41) is 3.31. The summed E-state index contributed by atoms with van der Waals surface area (Å²) < 4.78 is 5.79. The summed E-state index contributed by atoms with van der Waals surface area (Å²) in [6.07, 6.45) is 3.68. The summed E-state index contributed by atoms with van der Waals surface area (Å²) in [5.41, 5.74) is 10.4. The molecular formula is C17H20N2O. The molecule has 20 heavy (non-hydrogen) atoms. The molecule has 0 bridgehead atoms. The fourth-order valence-corrected chi connectivity index (χ4v) is 2.60. The van der Waals surface area contributed by atoms with Gasteiger partial charge in [-0.2, -0.15) is 0 Å². The zero-order chi connectivity index (χ0) is 13.8. The normalized spacial score (nSPS) is 13.0. The maximum absolute atomic E-state index is 5.79. The number of nitrogens with one attached hydrogen (secondary N) is 1. The molecule has 0 saturated heterocycles. The molecule has 2 aromatic rings. The predicted octanol–water partition coefficient (Wildman–Crippen LogP) is 3.25. The lowest BCUT2D eigenvalue weighted by Gasteiger charge is -2.10. The van der Waals surface area contributed by atoms with Crippen molar-refractivity contribution in [3.8, 4) is 5.75 Å². The number of rotatable bonds is 5. The van der Waals surface area contributed by atoms with Gasteiger partial charge in [0.25, 0.3) is 0 Å². The van der Waals surface area contributed by atoms with E-state index in [9.17, 15) is 0 Å². The van der Waals surface area contributed by atoms with Crippen LogP contribution in [0.4, 0.5) is 11.4 Å². The molecular weight excluding hydrogens is 248 g/mol. The molecule has 0 unspecified atom stereocenters. The molecule has 0 radical (unpaired) electrons. The van der Waals surface area contributed by atoms with Gasteiger partial charge in [-0.25, -0.2) is 0 Å². The van der Waals surface area contributed by atoms with Gasteiger partial charge in [0.1, 0.15) is 12.4 Å². The molecule has 0 aliphatic heterocycles. The molecule has 3 N–H and O–H groups in total. The zero-order valence-electron chi connectivity index (χ0n) is 11.6. The molecule has 0 amide bonds. The standard InChI is InChI=1S/C17H20N2O/c18-15-5-7-16(8-6-15)19-10-11-20-17-9-4-13-2-1-3-14(13)12-17/h4-9,12,19H,1-3,10-11,18H2. The van der Waals surface area contributed by atoms with Gasteiger partial charge in [-0.05, 0) is 66.8 Å². The first-order valence-electron chi connectivity index (χ1n) is 7.15. The van der Waals surface area contributed by atoms with E-state index in [1.165, 1.54) is 30.4 Å².